The lowest BCUT2D eigenvalue weighted by Crippen LogP contribution is -2.35. The highest BCUT2D eigenvalue weighted by Gasteiger charge is 2.29. The number of ketones is 1. The highest BCUT2D eigenvalue weighted by Crippen LogP contribution is 2.23. The van der Waals surface area contributed by atoms with E-state index in [1.165, 1.54) is 12.5 Å². The molecule has 36 heavy (non-hydrogen) atoms. The van der Waals surface area contributed by atoms with Crippen LogP contribution < -0.4 is 10.1 Å². The molecule has 3 heterocycles. The van der Waals surface area contributed by atoms with Crippen LogP contribution in [0.15, 0.2) is 47.3 Å². The van der Waals surface area contributed by atoms with Crippen molar-refractivity contribution in [3.05, 3.63) is 65.6 Å². The Bertz CT molecular complexity index is 1200. The molecule has 1 aliphatic rings. The summed E-state index contributed by atoms with van der Waals surface area (Å²) in [5.74, 6) is 1.81. The van der Waals surface area contributed by atoms with Crippen LogP contribution in [0.5, 0.6) is 5.75 Å². The van der Waals surface area contributed by atoms with Gasteiger partial charge in [0.15, 0.2) is 11.6 Å². The summed E-state index contributed by atoms with van der Waals surface area (Å²) in [6.07, 6.45) is 3.70. The van der Waals surface area contributed by atoms with Crippen LogP contribution in [0.4, 0.5) is 0 Å². The van der Waals surface area contributed by atoms with Crippen molar-refractivity contribution in [3.8, 4) is 5.75 Å². The Hall–Kier alpha value is -3.95. The van der Waals surface area contributed by atoms with E-state index in [4.69, 9.17) is 9.15 Å². The third-order valence-electron chi connectivity index (χ3n) is 6.40. The van der Waals surface area contributed by atoms with Crippen molar-refractivity contribution in [2.75, 3.05) is 20.2 Å². The number of nitrogens with one attached hydrogen (secondary N) is 1. The van der Waals surface area contributed by atoms with Gasteiger partial charge in [0.2, 0.25) is 5.91 Å². The molecule has 0 saturated heterocycles. The van der Waals surface area contributed by atoms with Gasteiger partial charge in [-0.3, -0.25) is 14.4 Å². The lowest BCUT2D eigenvalue weighted by Gasteiger charge is -2.23. The molecule has 1 N–H and O–H groups in total. The fourth-order valence-electron chi connectivity index (χ4n) is 4.27. The molecule has 0 saturated carbocycles. The van der Waals surface area contributed by atoms with Crippen molar-refractivity contribution in [3.63, 3.8) is 0 Å². The minimum atomic E-state index is -0.349. The third kappa shape index (κ3) is 5.64. The first kappa shape index (κ1) is 25.2. The van der Waals surface area contributed by atoms with E-state index in [1.54, 1.807) is 42.3 Å². The lowest BCUT2D eigenvalue weighted by atomic mass is 10.0. The Kier molecular flexibility index (Phi) is 7.82. The lowest BCUT2D eigenvalue weighted by molar-refractivity contribution is -0.131. The monoisotopic (exact) mass is 493 g/mol. The number of rotatable bonds is 9. The molecule has 0 bridgehead atoms. The second-order valence-corrected chi connectivity index (χ2v) is 9.12. The van der Waals surface area contributed by atoms with Gasteiger partial charge in [-0.15, -0.1) is 10.2 Å². The maximum Gasteiger partial charge on any atom is 0.255 e. The van der Waals surface area contributed by atoms with Gasteiger partial charge in [-0.25, -0.2) is 0 Å². The number of furan rings is 1. The molecule has 0 aliphatic carbocycles. The summed E-state index contributed by atoms with van der Waals surface area (Å²) < 4.78 is 12.1. The Labute approximate surface area is 209 Å². The summed E-state index contributed by atoms with van der Waals surface area (Å²) in [6.45, 7) is 5.51. The molecular formula is C26H31N5O5. The summed E-state index contributed by atoms with van der Waals surface area (Å²) in [4.78, 5) is 39.8. The molecule has 4 rings (SSSR count). The number of aromatic nitrogens is 3. The van der Waals surface area contributed by atoms with Gasteiger partial charge in [0.05, 0.1) is 25.0 Å². The van der Waals surface area contributed by atoms with Crippen LogP contribution in [0.2, 0.25) is 0 Å². The Morgan fingerprint density at radius 2 is 1.81 bits per heavy atom. The first-order chi connectivity index (χ1) is 17.4. The van der Waals surface area contributed by atoms with Crippen LogP contribution in [0.1, 0.15) is 65.1 Å². The Morgan fingerprint density at radius 1 is 1.03 bits per heavy atom. The smallest absolute Gasteiger partial charge is 0.255 e. The molecule has 1 aromatic carbocycles. The van der Waals surface area contributed by atoms with E-state index in [0.29, 0.717) is 48.8 Å². The standard InChI is InChI=1S/C26H31N5O5/c1-17(2)24(27-26(34)19-11-15-36-16-19)25-29-28-22-10-12-30(13-14-31(22)25)23(33)9-8-21(32)18-4-6-20(35-3)7-5-18/h4-7,11,15-17,24H,8-10,12-14H2,1-3H3,(H,27,34)/t24-/m1/s1. The maximum absolute atomic E-state index is 12.9. The molecule has 0 unspecified atom stereocenters. The number of ether oxygens (including phenoxy) is 1. The van der Waals surface area contributed by atoms with Gasteiger partial charge in [-0.2, -0.15) is 0 Å². The van der Waals surface area contributed by atoms with Crippen LogP contribution in [-0.4, -0.2) is 57.5 Å². The van der Waals surface area contributed by atoms with E-state index in [2.05, 4.69) is 15.5 Å². The second-order valence-electron chi connectivity index (χ2n) is 9.12. The van der Waals surface area contributed by atoms with Gasteiger partial charge in [0.25, 0.3) is 5.91 Å². The number of carbonyl (C=O) groups excluding carboxylic acids is 3. The molecule has 1 atom stereocenters. The number of amides is 2. The second kappa shape index (κ2) is 11.2. The van der Waals surface area contributed by atoms with E-state index < -0.39 is 0 Å². The van der Waals surface area contributed by atoms with Crippen molar-refractivity contribution in [1.29, 1.82) is 0 Å². The van der Waals surface area contributed by atoms with Crippen LogP contribution >= 0.6 is 0 Å². The summed E-state index contributed by atoms with van der Waals surface area (Å²) >= 11 is 0. The van der Waals surface area contributed by atoms with Gasteiger partial charge < -0.3 is 23.9 Å². The molecule has 10 heteroatoms. The Balaban J connectivity index is 1.37. The van der Waals surface area contributed by atoms with Crippen molar-refractivity contribution in [2.45, 2.75) is 45.7 Å². The molecule has 2 aromatic heterocycles. The van der Waals surface area contributed by atoms with Crippen molar-refractivity contribution < 1.29 is 23.5 Å². The summed E-state index contributed by atoms with van der Waals surface area (Å²) in [6, 6.07) is 8.15. The Morgan fingerprint density at radius 3 is 2.47 bits per heavy atom. The minimum absolute atomic E-state index is 0.0641. The largest absolute Gasteiger partial charge is 0.497 e. The first-order valence-corrected chi connectivity index (χ1v) is 12.1. The number of Topliss-reactive ketones (excluding diaryl/α,β-unsaturated/α-hetero) is 1. The molecule has 190 valence electrons. The van der Waals surface area contributed by atoms with Crippen LogP contribution in [0.3, 0.4) is 0 Å². The minimum Gasteiger partial charge on any atom is -0.497 e. The third-order valence-corrected chi connectivity index (χ3v) is 6.40. The topological polar surface area (TPSA) is 120 Å². The van der Waals surface area contributed by atoms with Gasteiger partial charge in [-0.05, 0) is 36.2 Å². The number of methoxy groups -OCH3 is 1. The van der Waals surface area contributed by atoms with E-state index in [0.717, 1.165) is 5.82 Å². The zero-order valence-electron chi connectivity index (χ0n) is 20.8. The van der Waals surface area contributed by atoms with Gasteiger partial charge in [-0.1, -0.05) is 13.8 Å². The molecule has 3 aromatic rings. The summed E-state index contributed by atoms with van der Waals surface area (Å²) in [7, 11) is 1.57. The van der Waals surface area contributed by atoms with Crippen molar-refractivity contribution in [2.24, 2.45) is 5.92 Å². The zero-order chi connectivity index (χ0) is 25.7. The van der Waals surface area contributed by atoms with E-state index in [-0.39, 0.29) is 42.4 Å². The molecule has 0 radical (unpaired) electrons. The average Bonchev–Trinajstić information content (AvgIpc) is 3.52. The summed E-state index contributed by atoms with van der Waals surface area (Å²) in [5, 5.41) is 11.8. The molecule has 0 fully saturated rings. The van der Waals surface area contributed by atoms with E-state index in [9.17, 15) is 14.4 Å². The zero-order valence-corrected chi connectivity index (χ0v) is 20.8. The molecule has 0 spiro atoms. The molecule has 10 nitrogen and oxygen atoms in total. The van der Waals surface area contributed by atoms with Crippen LogP contribution in [0, 0.1) is 5.92 Å². The van der Waals surface area contributed by atoms with Crippen LogP contribution in [0.25, 0.3) is 0 Å². The molecular weight excluding hydrogens is 462 g/mol. The van der Waals surface area contributed by atoms with Crippen LogP contribution in [-0.2, 0) is 17.8 Å². The number of carbonyl (C=O) groups is 3. The van der Waals surface area contributed by atoms with Gasteiger partial charge >= 0.3 is 0 Å². The average molecular weight is 494 g/mol. The number of hydrogen-bond donors (Lipinski definition) is 1. The quantitative estimate of drug-likeness (QED) is 0.455. The number of nitrogens with zero attached hydrogens (tertiary/aromatic N) is 4. The highest BCUT2D eigenvalue weighted by atomic mass is 16.5. The summed E-state index contributed by atoms with van der Waals surface area (Å²) in [5.41, 5.74) is 1.00. The number of hydrogen-bond acceptors (Lipinski definition) is 7. The normalized spacial score (nSPS) is 14.2. The predicted octanol–water partition coefficient (Wildman–Crippen LogP) is 3.05. The first-order valence-electron chi connectivity index (χ1n) is 12.1. The highest BCUT2D eigenvalue weighted by molar-refractivity contribution is 5.98. The fourth-order valence-corrected chi connectivity index (χ4v) is 4.27. The number of fused-ring (bicyclic) bond motifs is 1. The van der Waals surface area contributed by atoms with E-state index >= 15 is 0 Å². The number of benzene rings is 1. The van der Waals surface area contributed by atoms with Crippen molar-refractivity contribution >= 4 is 17.6 Å². The fraction of sp³-hybridized carbons (Fsp3) is 0.423. The maximum atomic E-state index is 12.9. The predicted molar refractivity (Wildman–Crippen MR) is 131 cm³/mol. The SMILES string of the molecule is COc1ccc(C(=O)CCC(=O)N2CCc3nnc([C@H](NC(=O)c4ccoc4)C(C)C)n3CC2)cc1. The van der Waals surface area contributed by atoms with Gasteiger partial charge in [0.1, 0.15) is 17.8 Å². The molecule has 2 amide bonds. The van der Waals surface area contributed by atoms with Gasteiger partial charge in [0, 0.05) is 44.5 Å². The van der Waals surface area contributed by atoms with Crippen molar-refractivity contribution in [1.82, 2.24) is 25.0 Å². The van der Waals surface area contributed by atoms with E-state index in [1.807, 2.05) is 18.4 Å². The molecule has 1 aliphatic heterocycles.